The van der Waals surface area contributed by atoms with E-state index in [1.54, 1.807) is 6.26 Å². The monoisotopic (exact) mass is 276 g/mol. The van der Waals surface area contributed by atoms with Gasteiger partial charge in [0.15, 0.2) is 5.76 Å². The number of piperidine rings is 1. The third-order valence-corrected chi connectivity index (χ3v) is 3.74. The minimum Gasteiger partial charge on any atom is -0.461 e. The van der Waals surface area contributed by atoms with Crippen molar-refractivity contribution in [3.63, 3.8) is 0 Å². The van der Waals surface area contributed by atoms with Crippen molar-refractivity contribution in [1.29, 1.82) is 0 Å². The zero-order valence-electron chi connectivity index (χ0n) is 11.7. The number of likely N-dealkylation sites (N-methyl/N-ethyl adjacent to an activating group) is 1. The Kier molecular flexibility index (Phi) is 4.13. The molecule has 0 spiro atoms. The number of aromatic nitrogens is 2. The van der Waals surface area contributed by atoms with E-state index in [0.717, 1.165) is 13.1 Å². The van der Waals surface area contributed by atoms with Crippen LogP contribution in [0.3, 0.4) is 0 Å². The highest BCUT2D eigenvalue weighted by Crippen LogP contribution is 2.20. The second-order valence-corrected chi connectivity index (χ2v) is 5.17. The number of rotatable bonds is 5. The molecule has 0 saturated carbocycles. The van der Waals surface area contributed by atoms with Crippen LogP contribution in [0.15, 0.2) is 27.3 Å². The zero-order valence-corrected chi connectivity index (χ0v) is 11.7. The second-order valence-electron chi connectivity index (χ2n) is 5.17. The largest absolute Gasteiger partial charge is 0.461 e. The first-order chi connectivity index (χ1) is 9.86. The summed E-state index contributed by atoms with van der Waals surface area (Å²) in [5.74, 6) is 1.82. The third kappa shape index (κ3) is 2.91. The highest BCUT2D eigenvalue weighted by Gasteiger charge is 2.24. The minimum absolute atomic E-state index is 0.521. The number of nitrogens with zero attached hydrogens (tertiary/aromatic N) is 3. The molecule has 1 unspecified atom stereocenters. The molecule has 1 atom stereocenters. The fourth-order valence-corrected chi connectivity index (χ4v) is 2.73. The van der Waals surface area contributed by atoms with Gasteiger partial charge < -0.3 is 14.3 Å². The van der Waals surface area contributed by atoms with Gasteiger partial charge in [-0.1, -0.05) is 11.6 Å². The molecule has 0 aromatic carbocycles. The first-order valence-electron chi connectivity index (χ1n) is 7.12. The number of hydrogen-bond acceptors (Lipinski definition) is 6. The molecule has 0 amide bonds. The van der Waals surface area contributed by atoms with E-state index in [1.165, 1.54) is 19.3 Å². The molecule has 3 rings (SSSR count). The van der Waals surface area contributed by atoms with Crippen LogP contribution in [0, 0.1) is 0 Å². The summed E-state index contributed by atoms with van der Waals surface area (Å²) in [5, 5.41) is 7.23. The van der Waals surface area contributed by atoms with Crippen LogP contribution in [-0.2, 0) is 6.54 Å². The molecular formula is C14H20N4O2. The molecular weight excluding hydrogens is 256 g/mol. The number of likely N-dealkylation sites (tertiary alicyclic amines) is 1. The van der Waals surface area contributed by atoms with Gasteiger partial charge in [0.05, 0.1) is 12.8 Å². The Balaban J connectivity index is 1.67. The Bertz CT molecular complexity index is 521. The van der Waals surface area contributed by atoms with Crippen molar-refractivity contribution in [2.75, 3.05) is 20.1 Å². The van der Waals surface area contributed by atoms with Gasteiger partial charge in [-0.05, 0) is 38.6 Å². The Morgan fingerprint density at radius 2 is 2.40 bits per heavy atom. The van der Waals surface area contributed by atoms with Crippen LogP contribution < -0.4 is 5.32 Å². The van der Waals surface area contributed by atoms with Gasteiger partial charge in [-0.3, -0.25) is 4.90 Å². The fourth-order valence-electron chi connectivity index (χ4n) is 2.73. The molecule has 6 heteroatoms. The lowest BCUT2D eigenvalue weighted by Crippen LogP contribution is -2.44. The summed E-state index contributed by atoms with van der Waals surface area (Å²) in [5.41, 5.74) is 0. The van der Waals surface area contributed by atoms with Crippen molar-refractivity contribution in [3.8, 4) is 11.6 Å². The molecule has 1 N–H and O–H groups in total. The van der Waals surface area contributed by atoms with Gasteiger partial charge in [0.25, 0.3) is 0 Å². The number of hydrogen-bond donors (Lipinski definition) is 1. The van der Waals surface area contributed by atoms with Crippen LogP contribution in [0.25, 0.3) is 11.6 Å². The Labute approximate surface area is 118 Å². The zero-order chi connectivity index (χ0) is 13.8. The van der Waals surface area contributed by atoms with E-state index in [4.69, 9.17) is 8.94 Å². The SMILES string of the molecule is CNCC1CCCCN1Cc1nc(-c2ccco2)no1. The number of nitrogens with one attached hydrogen (secondary N) is 1. The van der Waals surface area contributed by atoms with Crippen molar-refractivity contribution >= 4 is 0 Å². The summed E-state index contributed by atoms with van der Waals surface area (Å²) in [6.07, 6.45) is 5.36. The molecule has 2 aromatic heterocycles. The molecule has 1 fully saturated rings. The van der Waals surface area contributed by atoms with Gasteiger partial charge in [-0.15, -0.1) is 0 Å². The van der Waals surface area contributed by atoms with Crippen LogP contribution in [0.4, 0.5) is 0 Å². The van der Waals surface area contributed by atoms with Gasteiger partial charge in [-0.25, -0.2) is 0 Å². The summed E-state index contributed by atoms with van der Waals surface area (Å²) in [4.78, 5) is 6.82. The molecule has 1 saturated heterocycles. The third-order valence-electron chi connectivity index (χ3n) is 3.74. The van der Waals surface area contributed by atoms with Crippen molar-refractivity contribution in [2.24, 2.45) is 0 Å². The van der Waals surface area contributed by atoms with Crippen molar-refractivity contribution in [1.82, 2.24) is 20.4 Å². The summed E-state index contributed by atoms with van der Waals surface area (Å²) in [6, 6.07) is 4.20. The van der Waals surface area contributed by atoms with Crippen molar-refractivity contribution < 1.29 is 8.94 Å². The molecule has 0 aliphatic carbocycles. The maximum absolute atomic E-state index is 5.33. The highest BCUT2D eigenvalue weighted by molar-refractivity contribution is 5.44. The standard InChI is InChI=1S/C14H20N4O2/c1-15-9-11-5-2-3-7-18(11)10-13-16-14(17-20-13)12-6-4-8-19-12/h4,6,8,11,15H,2-3,5,7,9-10H2,1H3. The average molecular weight is 276 g/mol. The predicted molar refractivity (Wildman–Crippen MR) is 74.0 cm³/mol. The molecule has 3 heterocycles. The lowest BCUT2D eigenvalue weighted by atomic mass is 10.0. The summed E-state index contributed by atoms with van der Waals surface area (Å²) in [6.45, 7) is 2.80. The van der Waals surface area contributed by atoms with E-state index in [0.29, 0.717) is 30.1 Å². The summed E-state index contributed by atoms with van der Waals surface area (Å²) in [7, 11) is 1.99. The molecule has 108 valence electrons. The first-order valence-corrected chi connectivity index (χ1v) is 7.12. The lowest BCUT2D eigenvalue weighted by molar-refractivity contribution is 0.123. The fraction of sp³-hybridized carbons (Fsp3) is 0.571. The Hall–Kier alpha value is -1.66. The van der Waals surface area contributed by atoms with E-state index in [-0.39, 0.29) is 0 Å². The average Bonchev–Trinajstić information content (AvgIpc) is 3.12. The van der Waals surface area contributed by atoms with E-state index in [9.17, 15) is 0 Å². The number of furan rings is 1. The van der Waals surface area contributed by atoms with Crippen LogP contribution in [0.5, 0.6) is 0 Å². The maximum Gasteiger partial charge on any atom is 0.241 e. The van der Waals surface area contributed by atoms with Gasteiger partial charge in [-0.2, -0.15) is 4.98 Å². The highest BCUT2D eigenvalue weighted by atomic mass is 16.5. The molecule has 6 nitrogen and oxygen atoms in total. The second kappa shape index (κ2) is 6.19. The molecule has 20 heavy (non-hydrogen) atoms. The van der Waals surface area contributed by atoms with E-state index < -0.39 is 0 Å². The first kappa shape index (κ1) is 13.3. The van der Waals surface area contributed by atoms with Crippen LogP contribution in [0.2, 0.25) is 0 Å². The quantitative estimate of drug-likeness (QED) is 0.899. The van der Waals surface area contributed by atoms with Crippen LogP contribution in [-0.4, -0.2) is 41.2 Å². The van der Waals surface area contributed by atoms with E-state index in [2.05, 4.69) is 20.4 Å². The smallest absolute Gasteiger partial charge is 0.241 e. The van der Waals surface area contributed by atoms with Crippen LogP contribution >= 0.6 is 0 Å². The summed E-state index contributed by atoms with van der Waals surface area (Å²) < 4.78 is 10.6. The van der Waals surface area contributed by atoms with Gasteiger partial charge in [0.2, 0.25) is 11.7 Å². The molecule has 1 aliphatic rings. The molecule has 2 aromatic rings. The topological polar surface area (TPSA) is 67.3 Å². The molecule has 0 radical (unpaired) electrons. The van der Waals surface area contributed by atoms with Crippen molar-refractivity contribution in [2.45, 2.75) is 31.8 Å². The molecule has 0 bridgehead atoms. The van der Waals surface area contributed by atoms with Gasteiger partial charge >= 0.3 is 0 Å². The minimum atomic E-state index is 0.521. The van der Waals surface area contributed by atoms with E-state index in [1.807, 2.05) is 19.2 Å². The normalized spacial score (nSPS) is 20.4. The summed E-state index contributed by atoms with van der Waals surface area (Å²) >= 11 is 0. The van der Waals surface area contributed by atoms with Gasteiger partial charge in [0.1, 0.15) is 0 Å². The molecule has 1 aliphatic heterocycles. The van der Waals surface area contributed by atoms with Crippen molar-refractivity contribution in [3.05, 3.63) is 24.3 Å². The lowest BCUT2D eigenvalue weighted by Gasteiger charge is -2.34. The van der Waals surface area contributed by atoms with Crippen LogP contribution in [0.1, 0.15) is 25.2 Å². The van der Waals surface area contributed by atoms with Gasteiger partial charge in [0, 0.05) is 12.6 Å². The van der Waals surface area contributed by atoms with E-state index >= 15 is 0 Å². The Morgan fingerprint density at radius 3 is 3.20 bits per heavy atom. The Morgan fingerprint density at radius 1 is 1.45 bits per heavy atom. The predicted octanol–water partition coefficient (Wildman–Crippen LogP) is 1.90. The maximum atomic E-state index is 5.33.